The van der Waals surface area contributed by atoms with E-state index in [1.807, 2.05) is 32.9 Å². The van der Waals surface area contributed by atoms with Crippen LogP contribution in [0.5, 0.6) is 0 Å². The van der Waals surface area contributed by atoms with Gasteiger partial charge >= 0.3 is 0 Å². The Morgan fingerprint density at radius 2 is 1.77 bits per heavy atom. The zero-order valence-corrected chi connectivity index (χ0v) is 15.3. The molecule has 1 aliphatic heterocycles. The molecule has 0 unspecified atom stereocenters. The van der Waals surface area contributed by atoms with E-state index in [-0.39, 0.29) is 11.7 Å². The molecular weight excluding hydrogens is 329 g/mol. The van der Waals surface area contributed by atoms with E-state index in [1.54, 1.807) is 12.1 Å². The van der Waals surface area contributed by atoms with Crippen LogP contribution >= 0.6 is 0 Å². The maximum atomic E-state index is 14.7. The Kier molecular flexibility index (Phi) is 4.41. The number of halogens is 1. The van der Waals surface area contributed by atoms with Gasteiger partial charge < -0.3 is 4.74 Å². The summed E-state index contributed by atoms with van der Waals surface area (Å²) in [6, 6.07) is 7.27. The van der Waals surface area contributed by atoms with Crippen molar-refractivity contribution in [1.29, 1.82) is 0 Å². The van der Waals surface area contributed by atoms with E-state index in [9.17, 15) is 4.39 Å². The van der Waals surface area contributed by atoms with E-state index in [0.717, 1.165) is 40.9 Å². The highest BCUT2D eigenvalue weighted by Gasteiger charge is 2.22. The number of nitrogens with zero attached hydrogens (tertiary/aromatic N) is 3. The number of rotatable bonds is 2. The fraction of sp³-hybridized carbons (Fsp3) is 0.381. The molecule has 1 saturated heterocycles. The fourth-order valence-corrected chi connectivity index (χ4v) is 3.42. The Bertz CT molecular complexity index is 981. The van der Waals surface area contributed by atoms with Crippen molar-refractivity contribution >= 4 is 11.0 Å². The lowest BCUT2D eigenvalue weighted by Crippen LogP contribution is -2.17. The molecule has 26 heavy (non-hydrogen) atoms. The molecule has 0 aliphatic carbocycles. The topological polar surface area (TPSA) is 47.9 Å². The van der Waals surface area contributed by atoms with Gasteiger partial charge in [0, 0.05) is 35.8 Å². The number of benzene rings is 1. The predicted molar refractivity (Wildman–Crippen MR) is 99.7 cm³/mol. The van der Waals surface area contributed by atoms with Crippen molar-refractivity contribution < 1.29 is 9.13 Å². The molecule has 134 valence electrons. The molecule has 5 heteroatoms. The summed E-state index contributed by atoms with van der Waals surface area (Å²) in [7, 11) is 0. The van der Waals surface area contributed by atoms with E-state index >= 15 is 0 Å². The number of aryl methyl sites for hydroxylation is 3. The van der Waals surface area contributed by atoms with Crippen LogP contribution in [0.15, 0.2) is 24.3 Å². The van der Waals surface area contributed by atoms with Gasteiger partial charge in [-0.2, -0.15) is 0 Å². The fourth-order valence-electron chi connectivity index (χ4n) is 3.42. The average molecular weight is 351 g/mol. The second-order valence-electron chi connectivity index (χ2n) is 7.06. The highest BCUT2D eigenvalue weighted by molar-refractivity contribution is 5.91. The van der Waals surface area contributed by atoms with Gasteiger partial charge in [-0.1, -0.05) is 6.07 Å². The molecule has 0 bridgehead atoms. The molecule has 4 rings (SSSR count). The van der Waals surface area contributed by atoms with Gasteiger partial charge in [0.15, 0.2) is 5.65 Å². The minimum Gasteiger partial charge on any atom is -0.381 e. The Morgan fingerprint density at radius 3 is 2.50 bits per heavy atom. The third kappa shape index (κ3) is 3.07. The van der Waals surface area contributed by atoms with Crippen LogP contribution in [0.1, 0.15) is 41.4 Å². The molecule has 0 N–H and O–H groups in total. The molecule has 0 radical (unpaired) electrons. The zero-order valence-electron chi connectivity index (χ0n) is 15.3. The lowest BCUT2D eigenvalue weighted by Gasteiger charge is -2.22. The number of hydrogen-bond acceptors (Lipinski definition) is 4. The van der Waals surface area contributed by atoms with Gasteiger partial charge in [-0.15, -0.1) is 0 Å². The van der Waals surface area contributed by atoms with Crippen LogP contribution in [0, 0.1) is 26.6 Å². The standard InChI is InChI=1S/C21H22FN3O/c1-12-4-5-16(18(22)10-12)19-17-11-13(2)14(3)23-21(17)25-20(24-19)15-6-8-26-9-7-15/h4-5,10-11,15H,6-9H2,1-3H3. The second-order valence-corrected chi connectivity index (χ2v) is 7.06. The first-order chi connectivity index (χ1) is 12.5. The highest BCUT2D eigenvalue weighted by Crippen LogP contribution is 2.32. The van der Waals surface area contributed by atoms with Crippen LogP contribution in [-0.2, 0) is 4.74 Å². The molecule has 0 amide bonds. The summed E-state index contributed by atoms with van der Waals surface area (Å²) in [5.41, 5.74) is 4.64. The van der Waals surface area contributed by atoms with E-state index in [1.165, 1.54) is 0 Å². The van der Waals surface area contributed by atoms with E-state index in [0.29, 0.717) is 30.1 Å². The average Bonchev–Trinajstić information content (AvgIpc) is 2.63. The van der Waals surface area contributed by atoms with Gasteiger partial charge in [0.25, 0.3) is 0 Å². The van der Waals surface area contributed by atoms with Gasteiger partial charge in [-0.25, -0.2) is 19.3 Å². The van der Waals surface area contributed by atoms with Crippen molar-refractivity contribution in [3.8, 4) is 11.3 Å². The Labute approximate surface area is 152 Å². The molecule has 0 saturated carbocycles. The molecule has 1 fully saturated rings. The predicted octanol–water partition coefficient (Wildman–Crippen LogP) is 4.65. The molecular formula is C21H22FN3O. The van der Waals surface area contributed by atoms with Crippen LogP contribution in [0.3, 0.4) is 0 Å². The normalized spacial score (nSPS) is 15.5. The van der Waals surface area contributed by atoms with Gasteiger partial charge in [0.1, 0.15) is 11.6 Å². The van der Waals surface area contributed by atoms with Crippen molar-refractivity contribution in [1.82, 2.24) is 15.0 Å². The first kappa shape index (κ1) is 17.0. The van der Waals surface area contributed by atoms with Crippen LogP contribution in [-0.4, -0.2) is 28.2 Å². The van der Waals surface area contributed by atoms with Gasteiger partial charge in [-0.05, 0) is 62.9 Å². The first-order valence-electron chi connectivity index (χ1n) is 9.03. The van der Waals surface area contributed by atoms with Gasteiger partial charge in [-0.3, -0.25) is 0 Å². The van der Waals surface area contributed by atoms with Gasteiger partial charge in [0.2, 0.25) is 0 Å². The highest BCUT2D eigenvalue weighted by atomic mass is 19.1. The SMILES string of the molecule is Cc1ccc(-c2nc(C3CCOCC3)nc3nc(C)c(C)cc23)c(F)c1. The summed E-state index contributed by atoms with van der Waals surface area (Å²) in [6.07, 6.45) is 1.76. The number of fused-ring (bicyclic) bond motifs is 1. The molecule has 2 aromatic heterocycles. The van der Waals surface area contributed by atoms with E-state index < -0.39 is 0 Å². The summed E-state index contributed by atoms with van der Waals surface area (Å²) in [5, 5.41) is 0.798. The Hall–Kier alpha value is -2.40. The first-order valence-corrected chi connectivity index (χ1v) is 9.03. The van der Waals surface area contributed by atoms with Crippen molar-refractivity contribution in [2.75, 3.05) is 13.2 Å². The van der Waals surface area contributed by atoms with Crippen molar-refractivity contribution in [2.45, 2.75) is 39.5 Å². The molecule has 0 atom stereocenters. The Morgan fingerprint density at radius 1 is 1.00 bits per heavy atom. The molecule has 3 aromatic rings. The maximum absolute atomic E-state index is 14.7. The van der Waals surface area contributed by atoms with Gasteiger partial charge in [0.05, 0.1) is 5.69 Å². The summed E-state index contributed by atoms with van der Waals surface area (Å²) in [4.78, 5) is 14.2. The minimum atomic E-state index is -0.263. The van der Waals surface area contributed by atoms with Crippen LogP contribution < -0.4 is 0 Å². The third-order valence-corrected chi connectivity index (χ3v) is 5.11. The number of aromatic nitrogens is 3. The second kappa shape index (κ2) is 6.72. The lowest BCUT2D eigenvalue weighted by molar-refractivity contribution is 0.0836. The summed E-state index contributed by atoms with van der Waals surface area (Å²) < 4.78 is 20.2. The number of ether oxygens (including phenoxy) is 1. The molecule has 1 aromatic carbocycles. The van der Waals surface area contributed by atoms with Crippen molar-refractivity contribution in [2.24, 2.45) is 0 Å². The Balaban J connectivity index is 1.97. The number of hydrogen-bond donors (Lipinski definition) is 0. The summed E-state index contributed by atoms with van der Waals surface area (Å²) in [5.74, 6) is 0.705. The van der Waals surface area contributed by atoms with Crippen LogP contribution in [0.2, 0.25) is 0 Å². The van der Waals surface area contributed by atoms with E-state index in [2.05, 4.69) is 4.98 Å². The quantitative estimate of drug-likeness (QED) is 0.674. The maximum Gasteiger partial charge on any atom is 0.163 e. The van der Waals surface area contributed by atoms with Crippen LogP contribution in [0.25, 0.3) is 22.3 Å². The minimum absolute atomic E-state index is 0.226. The molecule has 4 nitrogen and oxygen atoms in total. The van der Waals surface area contributed by atoms with E-state index in [4.69, 9.17) is 14.7 Å². The smallest absolute Gasteiger partial charge is 0.163 e. The lowest BCUT2D eigenvalue weighted by atomic mass is 9.98. The zero-order chi connectivity index (χ0) is 18.3. The third-order valence-electron chi connectivity index (χ3n) is 5.11. The van der Waals surface area contributed by atoms with Crippen molar-refractivity contribution in [3.63, 3.8) is 0 Å². The summed E-state index contributed by atoms with van der Waals surface area (Å²) >= 11 is 0. The summed E-state index contributed by atoms with van der Waals surface area (Å²) in [6.45, 7) is 7.27. The molecule has 1 aliphatic rings. The molecule has 0 spiro atoms. The monoisotopic (exact) mass is 351 g/mol. The van der Waals surface area contributed by atoms with Crippen LogP contribution in [0.4, 0.5) is 4.39 Å². The van der Waals surface area contributed by atoms with Crippen molar-refractivity contribution in [3.05, 3.63) is 52.7 Å². The largest absolute Gasteiger partial charge is 0.381 e. The molecule has 3 heterocycles. The number of pyridine rings is 1.